The lowest BCUT2D eigenvalue weighted by molar-refractivity contribution is 0.118. The molecule has 3 rings (SSSR count). The van der Waals surface area contributed by atoms with Gasteiger partial charge in [0, 0.05) is 42.5 Å². The summed E-state index contributed by atoms with van der Waals surface area (Å²) in [6.45, 7) is 2.70. The Hall–Kier alpha value is -2.68. The highest BCUT2D eigenvalue weighted by molar-refractivity contribution is 5.70. The number of carbonyl (C=O) groups is 1. The Kier molecular flexibility index (Phi) is 5.83. The molecule has 1 N–H and O–H groups in total. The molecule has 7 nitrogen and oxygen atoms in total. The van der Waals surface area contributed by atoms with E-state index in [1.165, 1.54) is 13.2 Å². The first-order valence-corrected chi connectivity index (χ1v) is 9.02. The Labute approximate surface area is 162 Å². The number of carbonyl (C=O) groups excluding carboxylic acids is 1. The van der Waals surface area contributed by atoms with Crippen molar-refractivity contribution in [2.75, 3.05) is 32.2 Å². The lowest BCUT2D eigenvalue weighted by Gasteiger charge is -2.28. The highest BCUT2D eigenvalue weighted by atomic mass is 19.3. The molecule has 0 saturated heterocycles. The predicted molar refractivity (Wildman–Crippen MR) is 100 cm³/mol. The molecule has 0 fully saturated rings. The molecule has 152 valence electrons. The maximum Gasteiger partial charge on any atom is 0.409 e. The molecule has 0 spiro atoms. The van der Waals surface area contributed by atoms with Gasteiger partial charge in [0.05, 0.1) is 26.8 Å². The highest BCUT2D eigenvalue weighted by Gasteiger charge is 2.29. The summed E-state index contributed by atoms with van der Waals surface area (Å²) in [7, 11) is 3.08. The summed E-state index contributed by atoms with van der Waals surface area (Å²) in [6, 6.07) is 4.88. The molecule has 1 aromatic carbocycles. The number of ether oxygens (including phenoxy) is 1. The summed E-state index contributed by atoms with van der Waals surface area (Å²) < 4.78 is 33.2. The molecule has 0 atom stereocenters. The van der Waals surface area contributed by atoms with E-state index in [1.807, 2.05) is 0 Å². The monoisotopic (exact) mass is 394 g/mol. The van der Waals surface area contributed by atoms with Crippen LogP contribution in [0.15, 0.2) is 18.2 Å². The number of aryl methyl sites for hydroxylation is 1. The number of methoxy groups -OCH3 is 1. The Balaban J connectivity index is 2.02. The van der Waals surface area contributed by atoms with Crippen LogP contribution in [0.2, 0.25) is 0 Å². The second-order valence-corrected chi connectivity index (χ2v) is 6.74. The summed E-state index contributed by atoms with van der Waals surface area (Å²) in [5, 5.41) is 13.9. The van der Waals surface area contributed by atoms with E-state index in [0.29, 0.717) is 43.1 Å². The van der Waals surface area contributed by atoms with Crippen molar-refractivity contribution in [2.45, 2.75) is 32.9 Å². The Morgan fingerprint density at radius 1 is 1.43 bits per heavy atom. The molecular formula is C19H24F2N4O3. The number of halogens is 2. The highest BCUT2D eigenvalue weighted by Crippen LogP contribution is 2.34. The predicted octanol–water partition coefficient (Wildman–Crippen LogP) is 3.01. The average molecular weight is 394 g/mol. The summed E-state index contributed by atoms with van der Waals surface area (Å²) in [4.78, 5) is 15.3. The molecule has 2 heterocycles. The standard InChI is InChI=1S/C19H24F2N4O3/c1-12-4-5-13(10-14(12)17(20)21)23(2)18-15-11-24(19(27)28-3)7-6-16(15)25(22-18)8-9-26/h4-5,10,17,26H,6-9,11H2,1-3H3. The van der Waals surface area contributed by atoms with Crippen LogP contribution in [0, 0.1) is 6.92 Å². The zero-order chi connectivity index (χ0) is 20.4. The number of aromatic nitrogens is 2. The van der Waals surface area contributed by atoms with Gasteiger partial charge in [-0.2, -0.15) is 5.10 Å². The van der Waals surface area contributed by atoms with Crippen molar-refractivity contribution >= 4 is 17.6 Å². The van der Waals surface area contributed by atoms with Crippen LogP contribution in [0.4, 0.5) is 25.1 Å². The van der Waals surface area contributed by atoms with Crippen molar-refractivity contribution in [1.29, 1.82) is 0 Å². The molecule has 28 heavy (non-hydrogen) atoms. The number of benzene rings is 1. The second kappa shape index (κ2) is 8.14. The number of alkyl halides is 2. The summed E-state index contributed by atoms with van der Waals surface area (Å²) >= 11 is 0. The van der Waals surface area contributed by atoms with E-state index in [0.717, 1.165) is 11.3 Å². The quantitative estimate of drug-likeness (QED) is 0.844. The largest absolute Gasteiger partial charge is 0.453 e. The number of rotatable bonds is 5. The van der Waals surface area contributed by atoms with Gasteiger partial charge >= 0.3 is 6.09 Å². The van der Waals surface area contributed by atoms with Gasteiger partial charge in [-0.05, 0) is 24.6 Å². The first-order chi connectivity index (χ1) is 13.4. The minimum absolute atomic E-state index is 0.0239. The number of anilines is 2. The van der Waals surface area contributed by atoms with Gasteiger partial charge in [0.15, 0.2) is 5.82 Å². The minimum Gasteiger partial charge on any atom is -0.453 e. The van der Waals surface area contributed by atoms with E-state index in [2.05, 4.69) is 5.10 Å². The van der Waals surface area contributed by atoms with Gasteiger partial charge in [-0.3, -0.25) is 4.68 Å². The van der Waals surface area contributed by atoms with Gasteiger partial charge in [0.25, 0.3) is 6.43 Å². The van der Waals surface area contributed by atoms with Gasteiger partial charge in [0.1, 0.15) is 0 Å². The van der Waals surface area contributed by atoms with E-state index in [1.54, 1.807) is 40.6 Å². The summed E-state index contributed by atoms with van der Waals surface area (Å²) in [5.74, 6) is 0.570. The number of hydrogen-bond acceptors (Lipinski definition) is 5. The Morgan fingerprint density at radius 3 is 2.82 bits per heavy atom. The first kappa shape index (κ1) is 20.1. The number of hydrogen-bond donors (Lipinski definition) is 1. The van der Waals surface area contributed by atoms with E-state index in [4.69, 9.17) is 4.74 Å². The molecule has 0 saturated carbocycles. The Morgan fingerprint density at radius 2 is 2.18 bits per heavy atom. The number of aliphatic hydroxyl groups is 1. The molecule has 1 aliphatic rings. The van der Waals surface area contributed by atoms with Gasteiger partial charge in [-0.15, -0.1) is 0 Å². The summed E-state index contributed by atoms with van der Waals surface area (Å²) in [6.07, 6.45) is -2.42. The third-order valence-electron chi connectivity index (χ3n) is 5.06. The van der Waals surface area contributed by atoms with Crippen LogP contribution in [-0.4, -0.2) is 53.2 Å². The molecule has 0 unspecified atom stereocenters. The van der Waals surface area contributed by atoms with E-state index < -0.39 is 12.5 Å². The van der Waals surface area contributed by atoms with Gasteiger partial charge in [-0.1, -0.05) is 6.07 Å². The number of amides is 1. The molecule has 1 aromatic heterocycles. The lowest BCUT2D eigenvalue weighted by Crippen LogP contribution is -2.36. The molecule has 0 bridgehead atoms. The van der Waals surface area contributed by atoms with Crippen LogP contribution in [-0.2, 0) is 24.2 Å². The smallest absolute Gasteiger partial charge is 0.409 e. The van der Waals surface area contributed by atoms with Crippen molar-refractivity contribution in [3.63, 3.8) is 0 Å². The normalized spacial score (nSPS) is 13.6. The van der Waals surface area contributed by atoms with Crippen molar-refractivity contribution in [2.24, 2.45) is 0 Å². The topological polar surface area (TPSA) is 70.8 Å². The minimum atomic E-state index is -2.57. The Bertz CT molecular complexity index is 869. The maximum atomic E-state index is 13.3. The van der Waals surface area contributed by atoms with Crippen molar-refractivity contribution < 1.29 is 23.4 Å². The molecule has 0 aliphatic carbocycles. The fourth-order valence-electron chi connectivity index (χ4n) is 3.50. The van der Waals surface area contributed by atoms with Crippen molar-refractivity contribution in [3.8, 4) is 0 Å². The molecule has 1 amide bonds. The van der Waals surface area contributed by atoms with Gasteiger partial charge in [-0.25, -0.2) is 13.6 Å². The van der Waals surface area contributed by atoms with Gasteiger partial charge in [0.2, 0.25) is 0 Å². The number of fused-ring (bicyclic) bond motifs is 1. The van der Waals surface area contributed by atoms with Crippen LogP contribution in [0.1, 0.15) is 28.8 Å². The van der Waals surface area contributed by atoms with E-state index in [-0.39, 0.29) is 12.2 Å². The van der Waals surface area contributed by atoms with Crippen molar-refractivity contribution in [3.05, 3.63) is 40.6 Å². The van der Waals surface area contributed by atoms with Crippen molar-refractivity contribution in [1.82, 2.24) is 14.7 Å². The third-order valence-corrected chi connectivity index (χ3v) is 5.06. The first-order valence-electron chi connectivity index (χ1n) is 9.02. The second-order valence-electron chi connectivity index (χ2n) is 6.74. The molecule has 2 aromatic rings. The fourth-order valence-corrected chi connectivity index (χ4v) is 3.50. The lowest BCUT2D eigenvalue weighted by atomic mass is 10.1. The van der Waals surface area contributed by atoms with Gasteiger partial charge < -0.3 is 19.6 Å². The molecule has 9 heteroatoms. The van der Waals surface area contributed by atoms with E-state index >= 15 is 0 Å². The van der Waals surface area contributed by atoms with Crippen LogP contribution < -0.4 is 4.90 Å². The summed E-state index contributed by atoms with van der Waals surface area (Å²) in [5.41, 5.74) is 2.83. The zero-order valence-electron chi connectivity index (χ0n) is 16.2. The average Bonchev–Trinajstić information content (AvgIpc) is 3.05. The zero-order valence-corrected chi connectivity index (χ0v) is 16.2. The van der Waals surface area contributed by atoms with E-state index in [9.17, 15) is 18.7 Å². The van der Waals surface area contributed by atoms with Crippen LogP contribution in [0.5, 0.6) is 0 Å². The third kappa shape index (κ3) is 3.66. The maximum absolute atomic E-state index is 13.3. The van der Waals surface area contributed by atoms with Crippen LogP contribution >= 0.6 is 0 Å². The van der Waals surface area contributed by atoms with Crippen LogP contribution in [0.25, 0.3) is 0 Å². The number of aliphatic hydroxyl groups excluding tert-OH is 1. The fraction of sp³-hybridized carbons (Fsp3) is 0.474. The van der Waals surface area contributed by atoms with Crippen LogP contribution in [0.3, 0.4) is 0 Å². The molecule has 0 radical (unpaired) electrons. The number of nitrogens with zero attached hydrogens (tertiary/aromatic N) is 4. The molecule has 1 aliphatic heterocycles. The SMILES string of the molecule is COC(=O)N1CCc2c(c(N(C)c3ccc(C)c(C(F)F)c3)nn2CCO)C1. The molecular weight excluding hydrogens is 370 g/mol.